The largest absolute Gasteiger partial charge is 0.497 e. The highest BCUT2D eigenvalue weighted by Crippen LogP contribution is 2.11. The molecule has 0 aromatic heterocycles. The zero-order valence-electron chi connectivity index (χ0n) is 6.41. The second kappa shape index (κ2) is 5.16. The maximum absolute atomic E-state index is 5.42. The van der Waals surface area contributed by atoms with Crippen LogP contribution in [-0.4, -0.2) is 7.11 Å². The van der Waals surface area contributed by atoms with Crippen LogP contribution in [0, 0.1) is 0 Å². The number of nitrogens with two attached hydrogens (primary N) is 1. The van der Waals surface area contributed by atoms with E-state index in [0.29, 0.717) is 6.54 Å². The van der Waals surface area contributed by atoms with Crippen LogP contribution in [0.1, 0.15) is 5.56 Å². The Morgan fingerprint density at radius 2 is 2.18 bits per heavy atom. The Bertz CT molecular complexity index is 196. The lowest BCUT2D eigenvalue weighted by molar-refractivity contribution is 0.414. The zero-order chi connectivity index (χ0) is 7.40. The van der Waals surface area contributed by atoms with E-state index >= 15 is 0 Å². The average molecular weight is 218 g/mol. The number of hydrogen-bond donors (Lipinski definition) is 1. The molecule has 62 valence electrons. The Morgan fingerprint density at radius 3 is 2.73 bits per heavy atom. The van der Waals surface area contributed by atoms with E-state index in [1.807, 2.05) is 24.3 Å². The van der Waals surface area contributed by atoms with E-state index in [9.17, 15) is 0 Å². The summed E-state index contributed by atoms with van der Waals surface area (Å²) >= 11 is 0. The molecule has 0 fully saturated rings. The highest BCUT2D eigenvalue weighted by atomic mass is 79.9. The van der Waals surface area contributed by atoms with Crippen molar-refractivity contribution in [1.29, 1.82) is 0 Å². The number of hydrogen-bond acceptors (Lipinski definition) is 2. The van der Waals surface area contributed by atoms with Gasteiger partial charge in [-0.15, -0.1) is 17.0 Å². The van der Waals surface area contributed by atoms with Gasteiger partial charge in [-0.05, 0) is 17.7 Å². The van der Waals surface area contributed by atoms with Crippen LogP contribution < -0.4 is 10.5 Å². The van der Waals surface area contributed by atoms with Crippen molar-refractivity contribution in [1.82, 2.24) is 0 Å². The summed E-state index contributed by atoms with van der Waals surface area (Å²) < 4.78 is 5.00. The molecule has 2 nitrogen and oxygen atoms in total. The quantitative estimate of drug-likeness (QED) is 0.820. The summed E-state index contributed by atoms with van der Waals surface area (Å²) in [5, 5.41) is 0. The summed E-state index contributed by atoms with van der Waals surface area (Å²) in [6.45, 7) is 0.567. The molecule has 0 spiro atoms. The molecule has 2 N–H and O–H groups in total. The van der Waals surface area contributed by atoms with E-state index in [1.165, 1.54) is 0 Å². The maximum Gasteiger partial charge on any atom is 0.119 e. The fourth-order valence-electron chi connectivity index (χ4n) is 0.799. The van der Waals surface area contributed by atoms with Gasteiger partial charge in [-0.1, -0.05) is 12.1 Å². The van der Waals surface area contributed by atoms with Crippen LogP contribution >= 0.6 is 17.0 Å². The predicted octanol–water partition coefficient (Wildman–Crippen LogP) is 1.73. The molecule has 3 heteroatoms. The standard InChI is InChI=1S/C8H11NO.BrH/c1-10-8-4-2-3-7(5-8)6-9;/h2-5H,6,9H2,1H3;1H. The van der Waals surface area contributed by atoms with Crippen LogP contribution in [0.3, 0.4) is 0 Å². The number of benzene rings is 1. The molecule has 0 heterocycles. The molecule has 0 saturated carbocycles. The first-order valence-electron chi connectivity index (χ1n) is 3.20. The van der Waals surface area contributed by atoms with Gasteiger partial charge in [0.1, 0.15) is 5.75 Å². The number of ether oxygens (including phenoxy) is 1. The fourth-order valence-corrected chi connectivity index (χ4v) is 0.799. The van der Waals surface area contributed by atoms with Gasteiger partial charge in [0.25, 0.3) is 0 Å². The summed E-state index contributed by atoms with van der Waals surface area (Å²) in [6.07, 6.45) is 0. The van der Waals surface area contributed by atoms with E-state index in [4.69, 9.17) is 10.5 Å². The van der Waals surface area contributed by atoms with Crippen molar-refractivity contribution in [3.05, 3.63) is 29.8 Å². The summed E-state index contributed by atoms with van der Waals surface area (Å²) in [7, 11) is 1.65. The van der Waals surface area contributed by atoms with Crippen molar-refractivity contribution < 1.29 is 4.74 Å². The summed E-state index contributed by atoms with van der Waals surface area (Å²) in [4.78, 5) is 0. The van der Waals surface area contributed by atoms with Crippen LogP contribution in [0.15, 0.2) is 24.3 Å². The minimum absolute atomic E-state index is 0. The smallest absolute Gasteiger partial charge is 0.119 e. The topological polar surface area (TPSA) is 35.2 Å². The third-order valence-electron chi connectivity index (χ3n) is 1.37. The first-order chi connectivity index (χ1) is 4.86. The Hall–Kier alpha value is -0.540. The van der Waals surface area contributed by atoms with E-state index in [1.54, 1.807) is 7.11 Å². The summed E-state index contributed by atoms with van der Waals surface area (Å²) in [5.74, 6) is 0.864. The lowest BCUT2D eigenvalue weighted by atomic mass is 10.2. The van der Waals surface area contributed by atoms with Gasteiger partial charge >= 0.3 is 0 Å². The molecule has 0 aliphatic carbocycles. The van der Waals surface area contributed by atoms with Gasteiger partial charge in [0, 0.05) is 6.54 Å². The number of rotatable bonds is 2. The molecule has 1 rings (SSSR count). The van der Waals surface area contributed by atoms with Crippen molar-refractivity contribution in [3.8, 4) is 5.75 Å². The molecule has 0 aliphatic rings. The molecular formula is C8H12BrNO. The van der Waals surface area contributed by atoms with E-state index in [-0.39, 0.29) is 17.0 Å². The molecule has 1 aromatic rings. The van der Waals surface area contributed by atoms with Crippen molar-refractivity contribution in [3.63, 3.8) is 0 Å². The molecule has 0 unspecified atom stereocenters. The molecule has 0 bridgehead atoms. The van der Waals surface area contributed by atoms with Gasteiger partial charge in [0.15, 0.2) is 0 Å². The lowest BCUT2D eigenvalue weighted by Gasteiger charge is -2.00. The second-order valence-corrected chi connectivity index (χ2v) is 2.06. The van der Waals surface area contributed by atoms with Crippen molar-refractivity contribution in [2.24, 2.45) is 5.73 Å². The third-order valence-corrected chi connectivity index (χ3v) is 1.37. The Morgan fingerprint density at radius 1 is 1.45 bits per heavy atom. The highest BCUT2D eigenvalue weighted by Gasteiger charge is 1.90. The zero-order valence-corrected chi connectivity index (χ0v) is 8.12. The molecule has 0 amide bonds. The molecule has 0 radical (unpaired) electrons. The van der Waals surface area contributed by atoms with Gasteiger partial charge in [-0.2, -0.15) is 0 Å². The normalized spacial score (nSPS) is 8.55. The third kappa shape index (κ3) is 2.91. The number of methoxy groups -OCH3 is 1. The average Bonchev–Trinajstić information content (AvgIpc) is 2.05. The monoisotopic (exact) mass is 217 g/mol. The molecule has 11 heavy (non-hydrogen) atoms. The van der Waals surface area contributed by atoms with E-state index in [2.05, 4.69) is 0 Å². The number of halogens is 1. The van der Waals surface area contributed by atoms with Crippen molar-refractivity contribution in [2.45, 2.75) is 6.54 Å². The fraction of sp³-hybridized carbons (Fsp3) is 0.250. The Labute approximate surface area is 77.1 Å². The minimum atomic E-state index is 0. The van der Waals surface area contributed by atoms with Crippen LogP contribution in [0.2, 0.25) is 0 Å². The SMILES string of the molecule is Br.COc1cccc(CN)c1. The first kappa shape index (κ1) is 10.5. The first-order valence-corrected chi connectivity index (χ1v) is 3.20. The summed E-state index contributed by atoms with van der Waals surface area (Å²) in [5.41, 5.74) is 6.51. The van der Waals surface area contributed by atoms with E-state index < -0.39 is 0 Å². The van der Waals surface area contributed by atoms with Crippen molar-refractivity contribution >= 4 is 17.0 Å². The van der Waals surface area contributed by atoms with Gasteiger partial charge in [0.05, 0.1) is 7.11 Å². The Kier molecular flexibility index (Phi) is 4.90. The predicted molar refractivity (Wildman–Crippen MR) is 51.2 cm³/mol. The minimum Gasteiger partial charge on any atom is -0.497 e. The van der Waals surface area contributed by atoms with Gasteiger partial charge in [-0.25, -0.2) is 0 Å². The van der Waals surface area contributed by atoms with Crippen molar-refractivity contribution in [2.75, 3.05) is 7.11 Å². The van der Waals surface area contributed by atoms with Crippen LogP contribution in [-0.2, 0) is 6.54 Å². The van der Waals surface area contributed by atoms with Crippen LogP contribution in [0.25, 0.3) is 0 Å². The molecule has 0 aliphatic heterocycles. The van der Waals surface area contributed by atoms with Crippen LogP contribution in [0.4, 0.5) is 0 Å². The van der Waals surface area contributed by atoms with E-state index in [0.717, 1.165) is 11.3 Å². The van der Waals surface area contributed by atoms with Gasteiger partial charge < -0.3 is 10.5 Å². The Balaban J connectivity index is 0.000001000. The molecule has 0 atom stereocenters. The molecular weight excluding hydrogens is 206 g/mol. The van der Waals surface area contributed by atoms with Gasteiger partial charge in [0.2, 0.25) is 0 Å². The molecule has 0 saturated heterocycles. The second-order valence-electron chi connectivity index (χ2n) is 2.06. The maximum atomic E-state index is 5.42. The van der Waals surface area contributed by atoms with Gasteiger partial charge in [-0.3, -0.25) is 0 Å². The highest BCUT2D eigenvalue weighted by molar-refractivity contribution is 8.93. The summed E-state index contributed by atoms with van der Waals surface area (Å²) in [6, 6.07) is 7.74. The lowest BCUT2D eigenvalue weighted by Crippen LogP contribution is -1.95. The van der Waals surface area contributed by atoms with Crippen LogP contribution in [0.5, 0.6) is 5.75 Å². The molecule has 1 aromatic carbocycles.